The predicted octanol–water partition coefficient (Wildman–Crippen LogP) is 3.60. The average molecular weight is 488 g/mol. The minimum atomic E-state index is 0. The molecule has 0 aliphatic rings. The Labute approximate surface area is 178 Å². The molecule has 0 radical (unpaired) electrons. The third kappa shape index (κ3) is 6.62. The molecule has 1 unspecified atom stereocenters. The normalized spacial score (nSPS) is 12.3. The number of likely N-dealkylation sites (N-methyl/N-ethyl adjacent to an activating group) is 1. The van der Waals surface area contributed by atoms with E-state index >= 15 is 0 Å². The van der Waals surface area contributed by atoms with Gasteiger partial charge in [-0.05, 0) is 45.3 Å². The van der Waals surface area contributed by atoms with Crippen LogP contribution in [0.1, 0.15) is 18.7 Å². The number of aliphatic imine (C=N–C) groups is 1. The summed E-state index contributed by atoms with van der Waals surface area (Å²) in [5.74, 6) is 2.96. The highest BCUT2D eigenvalue weighted by Crippen LogP contribution is 2.30. The summed E-state index contributed by atoms with van der Waals surface area (Å²) in [7, 11) is 7.40. The molecule has 0 bridgehead atoms. The quantitative estimate of drug-likeness (QED) is 0.336. The summed E-state index contributed by atoms with van der Waals surface area (Å²) in [5, 5.41) is 6.61. The number of ether oxygens (including phenoxy) is 2. The fraction of sp³-hybridized carbons (Fsp3) is 0.421. The number of halogens is 1. The Hall–Kier alpha value is -1.94. The summed E-state index contributed by atoms with van der Waals surface area (Å²) in [6.45, 7) is 3.16. The van der Waals surface area contributed by atoms with Crippen LogP contribution in [0, 0.1) is 0 Å². The fourth-order valence-electron chi connectivity index (χ4n) is 2.55. The first kappa shape index (κ1) is 23.1. The number of nitrogens with one attached hydrogen (secondary N) is 2. The Bertz CT molecular complexity index is 705. The highest BCUT2D eigenvalue weighted by atomic mass is 127. The van der Waals surface area contributed by atoms with Gasteiger partial charge in [0.25, 0.3) is 0 Å². The van der Waals surface area contributed by atoms with E-state index in [0.29, 0.717) is 30.6 Å². The Balaban J connectivity index is 0.00000364. The number of nitrogens with zero attached hydrogens (tertiary/aromatic N) is 2. The number of anilines is 1. The van der Waals surface area contributed by atoms with Crippen molar-refractivity contribution >= 4 is 35.6 Å². The lowest BCUT2D eigenvalue weighted by atomic mass is 10.2. The molecule has 1 atom stereocenters. The van der Waals surface area contributed by atoms with Gasteiger partial charge < -0.3 is 24.5 Å². The first-order valence-electron chi connectivity index (χ1n) is 8.57. The largest absolute Gasteiger partial charge is 0.493 e. The van der Waals surface area contributed by atoms with E-state index in [1.165, 1.54) is 0 Å². The number of hydrogen-bond acceptors (Lipinski definition) is 5. The van der Waals surface area contributed by atoms with Gasteiger partial charge in [0.15, 0.2) is 17.5 Å². The van der Waals surface area contributed by atoms with Crippen molar-refractivity contribution in [1.29, 1.82) is 0 Å². The monoisotopic (exact) mass is 488 g/mol. The maximum atomic E-state index is 5.62. The number of benzene rings is 1. The maximum absolute atomic E-state index is 5.62. The summed E-state index contributed by atoms with van der Waals surface area (Å²) in [6, 6.07) is 9.64. The lowest BCUT2D eigenvalue weighted by molar-refractivity contribution is 0.258. The summed E-state index contributed by atoms with van der Waals surface area (Å²) < 4.78 is 16.5. The molecule has 2 rings (SSSR count). The average Bonchev–Trinajstić information content (AvgIpc) is 3.15. The Morgan fingerprint density at radius 2 is 2.04 bits per heavy atom. The van der Waals surface area contributed by atoms with Gasteiger partial charge in [0, 0.05) is 25.3 Å². The molecule has 0 fully saturated rings. The van der Waals surface area contributed by atoms with Gasteiger partial charge in [-0.3, -0.25) is 9.89 Å². The highest BCUT2D eigenvalue weighted by Gasteiger charge is 2.17. The van der Waals surface area contributed by atoms with Gasteiger partial charge in [-0.2, -0.15) is 0 Å². The van der Waals surface area contributed by atoms with Crippen LogP contribution in [0.15, 0.2) is 46.0 Å². The van der Waals surface area contributed by atoms with E-state index in [4.69, 9.17) is 13.9 Å². The molecule has 0 saturated heterocycles. The fourth-order valence-corrected chi connectivity index (χ4v) is 2.55. The molecule has 2 aromatic rings. The zero-order valence-electron chi connectivity index (χ0n) is 16.5. The molecule has 0 saturated carbocycles. The van der Waals surface area contributed by atoms with Crippen LogP contribution in [-0.2, 0) is 0 Å². The lowest BCUT2D eigenvalue weighted by Gasteiger charge is -2.23. The summed E-state index contributed by atoms with van der Waals surface area (Å²) in [5.41, 5.74) is 0.863. The topological polar surface area (TPSA) is 71.3 Å². The Morgan fingerprint density at radius 1 is 1.26 bits per heavy atom. The lowest BCUT2D eigenvalue weighted by Crippen LogP contribution is -2.37. The molecule has 2 N–H and O–H groups in total. The third-order valence-corrected chi connectivity index (χ3v) is 3.91. The molecule has 150 valence electrons. The van der Waals surface area contributed by atoms with E-state index in [0.717, 1.165) is 11.4 Å². The van der Waals surface area contributed by atoms with Crippen LogP contribution in [0.5, 0.6) is 11.5 Å². The molecule has 0 aliphatic heterocycles. The first-order valence-corrected chi connectivity index (χ1v) is 8.57. The standard InChI is InChI=1S/C19H28N4O3.HI/c1-6-25-18-12-14(9-10-17(18)24-5)22-19(20-2)21-13-15(23(3)4)16-8-7-11-26-16;/h7-12,15H,6,13H2,1-5H3,(H2,20,21,22);1H. The Kier molecular flexibility index (Phi) is 10.0. The van der Waals surface area contributed by atoms with Gasteiger partial charge in [0.05, 0.1) is 26.0 Å². The van der Waals surface area contributed by atoms with Crippen molar-refractivity contribution in [2.24, 2.45) is 4.99 Å². The van der Waals surface area contributed by atoms with Crippen LogP contribution < -0.4 is 20.1 Å². The summed E-state index contributed by atoms with van der Waals surface area (Å²) in [4.78, 5) is 6.38. The van der Waals surface area contributed by atoms with E-state index in [-0.39, 0.29) is 30.0 Å². The second kappa shape index (κ2) is 11.7. The zero-order valence-corrected chi connectivity index (χ0v) is 18.8. The summed E-state index contributed by atoms with van der Waals surface area (Å²) in [6.07, 6.45) is 1.69. The minimum Gasteiger partial charge on any atom is -0.493 e. The van der Waals surface area contributed by atoms with Gasteiger partial charge in [0.2, 0.25) is 0 Å². The molecule has 1 heterocycles. The van der Waals surface area contributed by atoms with E-state index in [1.807, 2.05) is 51.4 Å². The van der Waals surface area contributed by atoms with Crippen LogP contribution in [0.3, 0.4) is 0 Å². The van der Waals surface area contributed by atoms with Gasteiger partial charge >= 0.3 is 0 Å². The highest BCUT2D eigenvalue weighted by molar-refractivity contribution is 14.0. The molecular formula is C19H29IN4O3. The van der Waals surface area contributed by atoms with Crippen molar-refractivity contribution in [2.75, 3.05) is 46.7 Å². The predicted molar refractivity (Wildman–Crippen MR) is 120 cm³/mol. The van der Waals surface area contributed by atoms with Gasteiger partial charge in [-0.25, -0.2) is 0 Å². The molecule has 8 heteroatoms. The summed E-state index contributed by atoms with van der Waals surface area (Å²) >= 11 is 0. The van der Waals surface area contributed by atoms with Crippen molar-refractivity contribution in [3.05, 3.63) is 42.4 Å². The van der Waals surface area contributed by atoms with Crippen LogP contribution in [0.25, 0.3) is 0 Å². The van der Waals surface area contributed by atoms with Crippen LogP contribution in [-0.4, -0.2) is 52.3 Å². The van der Waals surface area contributed by atoms with Crippen molar-refractivity contribution in [3.63, 3.8) is 0 Å². The third-order valence-electron chi connectivity index (χ3n) is 3.91. The van der Waals surface area contributed by atoms with Crippen molar-refractivity contribution in [2.45, 2.75) is 13.0 Å². The molecule has 0 aliphatic carbocycles. The first-order chi connectivity index (χ1) is 12.6. The van der Waals surface area contributed by atoms with Crippen LogP contribution in [0.4, 0.5) is 5.69 Å². The number of rotatable bonds is 8. The van der Waals surface area contributed by atoms with Gasteiger partial charge in [0.1, 0.15) is 5.76 Å². The molecule has 1 aromatic heterocycles. The smallest absolute Gasteiger partial charge is 0.195 e. The van der Waals surface area contributed by atoms with E-state index < -0.39 is 0 Å². The van der Waals surface area contributed by atoms with E-state index in [1.54, 1.807) is 20.4 Å². The van der Waals surface area contributed by atoms with E-state index in [2.05, 4.69) is 20.5 Å². The van der Waals surface area contributed by atoms with Crippen molar-refractivity contribution < 1.29 is 13.9 Å². The zero-order chi connectivity index (χ0) is 18.9. The van der Waals surface area contributed by atoms with Crippen LogP contribution in [0.2, 0.25) is 0 Å². The SMILES string of the molecule is CCOc1cc(NC(=NC)NCC(c2ccco2)N(C)C)ccc1OC.I. The molecule has 0 amide bonds. The number of guanidine groups is 1. The second-order valence-electron chi connectivity index (χ2n) is 5.87. The van der Waals surface area contributed by atoms with Crippen molar-refractivity contribution in [1.82, 2.24) is 10.2 Å². The molecule has 1 aromatic carbocycles. The van der Waals surface area contributed by atoms with E-state index in [9.17, 15) is 0 Å². The van der Waals surface area contributed by atoms with Crippen LogP contribution >= 0.6 is 24.0 Å². The number of hydrogen-bond donors (Lipinski definition) is 2. The minimum absolute atomic E-state index is 0. The van der Waals surface area contributed by atoms with Gasteiger partial charge in [-0.15, -0.1) is 24.0 Å². The van der Waals surface area contributed by atoms with Crippen molar-refractivity contribution in [3.8, 4) is 11.5 Å². The van der Waals surface area contributed by atoms with Gasteiger partial charge in [-0.1, -0.05) is 0 Å². The molecular weight excluding hydrogens is 459 g/mol. The Morgan fingerprint density at radius 3 is 2.59 bits per heavy atom. The number of furan rings is 1. The maximum Gasteiger partial charge on any atom is 0.195 e. The molecule has 0 spiro atoms. The molecule has 27 heavy (non-hydrogen) atoms. The molecule has 7 nitrogen and oxygen atoms in total. The second-order valence-corrected chi connectivity index (χ2v) is 5.87. The number of methoxy groups -OCH3 is 1.